The van der Waals surface area contributed by atoms with Crippen LogP contribution in [0.1, 0.15) is 50.7 Å². The zero-order valence-electron chi connectivity index (χ0n) is 14.4. The molecular formula is C16H25N5OS. The smallest absolute Gasteiger partial charge is 0.315 e. The highest BCUT2D eigenvalue weighted by Crippen LogP contribution is 2.20. The largest absolute Gasteiger partial charge is 0.338 e. The fourth-order valence-electron chi connectivity index (χ4n) is 2.23. The summed E-state index contributed by atoms with van der Waals surface area (Å²) in [7, 11) is 0. The fraction of sp³-hybridized carbons (Fsp3) is 0.562. The number of amides is 2. The first kappa shape index (κ1) is 17.5. The fourth-order valence-corrected chi connectivity index (χ4v) is 2.83. The lowest BCUT2D eigenvalue weighted by molar-refractivity contribution is 0.238. The van der Waals surface area contributed by atoms with Crippen LogP contribution in [-0.4, -0.2) is 27.3 Å². The van der Waals surface area contributed by atoms with Crippen LogP contribution in [0, 0.1) is 6.92 Å². The normalized spacial score (nSPS) is 12.9. The first-order valence-corrected chi connectivity index (χ1v) is 8.69. The van der Waals surface area contributed by atoms with Crippen molar-refractivity contribution in [2.45, 2.75) is 52.6 Å². The van der Waals surface area contributed by atoms with Crippen molar-refractivity contribution in [2.75, 3.05) is 6.54 Å². The standard InChI is InChI=1S/C16H25N5OS/c1-11(14-8-21(16(3,4)5)20-12(14)2)19-15(22)17-7-6-13-9-23-10-18-13/h8-11H,6-7H2,1-5H3,(H2,17,19,22). The number of carbonyl (C=O) groups is 1. The molecule has 7 heteroatoms. The minimum absolute atomic E-state index is 0.0709. The van der Waals surface area contributed by atoms with E-state index >= 15 is 0 Å². The van der Waals surface area contributed by atoms with Crippen LogP contribution >= 0.6 is 11.3 Å². The van der Waals surface area contributed by atoms with Crippen molar-refractivity contribution in [3.8, 4) is 0 Å². The average molecular weight is 335 g/mol. The molecule has 0 bridgehead atoms. The second-order valence-electron chi connectivity index (χ2n) is 6.64. The van der Waals surface area contributed by atoms with E-state index in [1.165, 1.54) is 0 Å². The molecule has 0 aromatic carbocycles. The zero-order valence-corrected chi connectivity index (χ0v) is 15.2. The summed E-state index contributed by atoms with van der Waals surface area (Å²) in [5, 5.41) is 12.4. The Morgan fingerprint density at radius 1 is 1.43 bits per heavy atom. The molecule has 0 spiro atoms. The number of hydrogen-bond acceptors (Lipinski definition) is 4. The quantitative estimate of drug-likeness (QED) is 0.882. The highest BCUT2D eigenvalue weighted by Gasteiger charge is 2.20. The summed E-state index contributed by atoms with van der Waals surface area (Å²) in [6, 6.07) is -0.263. The summed E-state index contributed by atoms with van der Waals surface area (Å²) in [6.07, 6.45) is 2.75. The van der Waals surface area contributed by atoms with E-state index in [2.05, 4.69) is 41.5 Å². The molecule has 126 valence electrons. The third kappa shape index (κ3) is 4.79. The zero-order chi connectivity index (χ0) is 17.0. The Balaban J connectivity index is 1.87. The predicted octanol–water partition coefficient (Wildman–Crippen LogP) is 3.01. The van der Waals surface area contributed by atoms with E-state index in [-0.39, 0.29) is 17.6 Å². The van der Waals surface area contributed by atoms with Gasteiger partial charge in [0.15, 0.2) is 0 Å². The number of nitrogens with one attached hydrogen (secondary N) is 2. The molecule has 2 heterocycles. The Kier molecular flexibility index (Phi) is 5.41. The molecule has 2 aromatic rings. The minimum atomic E-state index is -0.171. The number of thiazole rings is 1. The monoisotopic (exact) mass is 335 g/mol. The first-order valence-electron chi connectivity index (χ1n) is 7.75. The van der Waals surface area contributed by atoms with Gasteiger partial charge in [-0.3, -0.25) is 4.68 Å². The summed E-state index contributed by atoms with van der Waals surface area (Å²) in [5.74, 6) is 0. The van der Waals surface area contributed by atoms with Crippen LogP contribution in [0.2, 0.25) is 0 Å². The maximum absolute atomic E-state index is 12.0. The van der Waals surface area contributed by atoms with E-state index < -0.39 is 0 Å². The second-order valence-corrected chi connectivity index (χ2v) is 7.36. The summed E-state index contributed by atoms with van der Waals surface area (Å²) < 4.78 is 1.94. The van der Waals surface area contributed by atoms with Gasteiger partial charge in [-0.1, -0.05) is 0 Å². The minimum Gasteiger partial charge on any atom is -0.338 e. The van der Waals surface area contributed by atoms with Crippen molar-refractivity contribution in [3.05, 3.63) is 34.0 Å². The molecule has 0 saturated heterocycles. The third-order valence-electron chi connectivity index (χ3n) is 3.59. The van der Waals surface area contributed by atoms with Gasteiger partial charge in [0.05, 0.1) is 28.5 Å². The van der Waals surface area contributed by atoms with Crippen LogP contribution in [0.25, 0.3) is 0 Å². The molecule has 0 aliphatic carbocycles. The molecule has 2 rings (SSSR count). The van der Waals surface area contributed by atoms with Crippen molar-refractivity contribution in [3.63, 3.8) is 0 Å². The van der Waals surface area contributed by atoms with Gasteiger partial charge in [0.2, 0.25) is 0 Å². The highest BCUT2D eigenvalue weighted by atomic mass is 32.1. The molecule has 6 nitrogen and oxygen atoms in total. The summed E-state index contributed by atoms with van der Waals surface area (Å²) in [5.41, 5.74) is 4.71. The van der Waals surface area contributed by atoms with Crippen molar-refractivity contribution in [1.29, 1.82) is 0 Å². The van der Waals surface area contributed by atoms with Gasteiger partial charge in [-0.15, -0.1) is 11.3 Å². The number of nitrogens with zero attached hydrogens (tertiary/aromatic N) is 3. The Bertz CT molecular complexity index is 642. The van der Waals surface area contributed by atoms with Gasteiger partial charge < -0.3 is 10.6 Å². The third-order valence-corrected chi connectivity index (χ3v) is 4.22. The maximum atomic E-state index is 12.0. The van der Waals surface area contributed by atoms with Crippen LogP contribution < -0.4 is 10.6 Å². The Morgan fingerprint density at radius 2 is 2.17 bits per heavy atom. The van der Waals surface area contributed by atoms with E-state index in [1.807, 2.05) is 30.1 Å². The van der Waals surface area contributed by atoms with Gasteiger partial charge in [0.1, 0.15) is 0 Å². The van der Waals surface area contributed by atoms with E-state index in [0.717, 1.165) is 23.4 Å². The number of hydrogen-bond donors (Lipinski definition) is 2. The summed E-state index contributed by atoms with van der Waals surface area (Å²) >= 11 is 1.56. The molecular weight excluding hydrogens is 310 g/mol. The number of carbonyl (C=O) groups excluding carboxylic acids is 1. The second kappa shape index (κ2) is 7.12. The molecule has 23 heavy (non-hydrogen) atoms. The van der Waals surface area contributed by atoms with Crippen LogP contribution in [0.3, 0.4) is 0 Å². The molecule has 2 amide bonds. The Labute approximate surface area is 141 Å². The first-order chi connectivity index (χ1) is 10.8. The molecule has 0 aliphatic rings. The Hall–Kier alpha value is -1.89. The number of rotatable bonds is 5. The molecule has 0 aliphatic heterocycles. The van der Waals surface area contributed by atoms with Crippen molar-refractivity contribution < 1.29 is 4.79 Å². The number of aromatic nitrogens is 3. The lowest BCUT2D eigenvalue weighted by Gasteiger charge is -2.19. The predicted molar refractivity (Wildman–Crippen MR) is 92.7 cm³/mol. The van der Waals surface area contributed by atoms with Gasteiger partial charge in [0, 0.05) is 30.1 Å². The van der Waals surface area contributed by atoms with Gasteiger partial charge >= 0.3 is 6.03 Å². The molecule has 1 unspecified atom stereocenters. The van der Waals surface area contributed by atoms with Crippen LogP contribution in [0.5, 0.6) is 0 Å². The SMILES string of the molecule is Cc1nn(C(C)(C)C)cc1C(C)NC(=O)NCCc1cscn1. The van der Waals surface area contributed by atoms with Gasteiger partial charge in [-0.05, 0) is 34.6 Å². The van der Waals surface area contributed by atoms with Gasteiger partial charge in [-0.2, -0.15) is 5.10 Å². The van der Waals surface area contributed by atoms with Crippen molar-refractivity contribution in [1.82, 2.24) is 25.4 Å². The van der Waals surface area contributed by atoms with Crippen molar-refractivity contribution >= 4 is 17.4 Å². The molecule has 2 N–H and O–H groups in total. The molecule has 0 saturated carbocycles. The van der Waals surface area contributed by atoms with E-state index in [0.29, 0.717) is 6.54 Å². The molecule has 0 fully saturated rings. The highest BCUT2D eigenvalue weighted by molar-refractivity contribution is 7.07. The van der Waals surface area contributed by atoms with Gasteiger partial charge in [0.25, 0.3) is 0 Å². The lowest BCUT2D eigenvalue weighted by Crippen LogP contribution is -2.38. The maximum Gasteiger partial charge on any atom is 0.315 e. The summed E-state index contributed by atoms with van der Waals surface area (Å²) in [6.45, 7) is 10.8. The van der Waals surface area contributed by atoms with E-state index in [9.17, 15) is 4.79 Å². The number of aryl methyl sites for hydroxylation is 1. The lowest BCUT2D eigenvalue weighted by atomic mass is 10.1. The molecule has 1 atom stereocenters. The topological polar surface area (TPSA) is 71.8 Å². The van der Waals surface area contributed by atoms with Gasteiger partial charge in [-0.25, -0.2) is 9.78 Å². The number of urea groups is 1. The summed E-state index contributed by atoms with van der Waals surface area (Å²) in [4.78, 5) is 16.2. The van der Waals surface area contributed by atoms with Crippen LogP contribution in [0.15, 0.2) is 17.1 Å². The van der Waals surface area contributed by atoms with E-state index in [1.54, 1.807) is 16.8 Å². The average Bonchev–Trinajstić information content (AvgIpc) is 3.07. The Morgan fingerprint density at radius 3 is 2.74 bits per heavy atom. The molecule has 0 radical (unpaired) electrons. The van der Waals surface area contributed by atoms with Crippen molar-refractivity contribution in [2.24, 2.45) is 0 Å². The van der Waals surface area contributed by atoms with E-state index in [4.69, 9.17) is 0 Å². The molecule has 2 aromatic heterocycles. The van der Waals surface area contributed by atoms with Crippen LogP contribution in [0.4, 0.5) is 4.79 Å². The van der Waals surface area contributed by atoms with Crippen LogP contribution in [-0.2, 0) is 12.0 Å².